The molecular formula is C24H20ClN3O2S. The molecule has 3 aromatic carbocycles. The van der Waals surface area contributed by atoms with Gasteiger partial charge < -0.3 is 9.47 Å². The molecular weight excluding hydrogens is 430 g/mol. The zero-order chi connectivity index (χ0) is 21.5. The van der Waals surface area contributed by atoms with Gasteiger partial charge in [-0.1, -0.05) is 41.9 Å². The van der Waals surface area contributed by atoms with Gasteiger partial charge in [0, 0.05) is 21.5 Å². The van der Waals surface area contributed by atoms with Gasteiger partial charge in [-0.15, -0.1) is 11.3 Å². The third-order valence-corrected chi connectivity index (χ3v) is 5.46. The lowest BCUT2D eigenvalue weighted by Crippen LogP contribution is -2.00. The number of halogens is 1. The maximum atomic E-state index is 5.92. The van der Waals surface area contributed by atoms with E-state index in [2.05, 4.69) is 15.5 Å². The van der Waals surface area contributed by atoms with Crippen LogP contribution >= 0.6 is 22.9 Å². The van der Waals surface area contributed by atoms with E-state index < -0.39 is 0 Å². The molecule has 0 saturated carbocycles. The van der Waals surface area contributed by atoms with Gasteiger partial charge in [-0.05, 0) is 48.0 Å². The van der Waals surface area contributed by atoms with Gasteiger partial charge in [-0.25, -0.2) is 4.98 Å². The molecule has 31 heavy (non-hydrogen) atoms. The number of hydrogen-bond donors (Lipinski definition) is 1. The number of hydrazone groups is 1. The Kier molecular flexibility index (Phi) is 6.82. The molecule has 0 fully saturated rings. The molecule has 5 nitrogen and oxygen atoms in total. The van der Waals surface area contributed by atoms with E-state index >= 15 is 0 Å². The van der Waals surface area contributed by atoms with Gasteiger partial charge in [0.15, 0.2) is 0 Å². The molecule has 7 heteroatoms. The van der Waals surface area contributed by atoms with Crippen molar-refractivity contribution in [1.29, 1.82) is 0 Å². The van der Waals surface area contributed by atoms with Gasteiger partial charge in [0.2, 0.25) is 5.13 Å². The number of nitrogens with zero attached hydrogens (tertiary/aromatic N) is 2. The molecule has 1 aromatic heterocycles. The fourth-order valence-electron chi connectivity index (χ4n) is 2.91. The Hall–Kier alpha value is -3.35. The van der Waals surface area contributed by atoms with Crippen molar-refractivity contribution in [2.75, 3.05) is 12.5 Å². The highest BCUT2D eigenvalue weighted by Crippen LogP contribution is 2.25. The van der Waals surface area contributed by atoms with Crippen LogP contribution in [0.5, 0.6) is 11.5 Å². The predicted octanol–water partition coefficient (Wildman–Crippen LogP) is 6.50. The van der Waals surface area contributed by atoms with Crippen LogP contribution in [0.15, 0.2) is 83.3 Å². The van der Waals surface area contributed by atoms with Crippen molar-refractivity contribution in [2.24, 2.45) is 5.10 Å². The standard InChI is InChI=1S/C24H20ClN3O2S/c1-29-23-12-7-17(13-19(23)15-30-21-10-8-20(25)9-11-21)14-26-28-24-27-22(16-31-24)18-5-3-2-4-6-18/h2-14,16H,15H2,1H3,(H,27,28). The van der Waals surface area contributed by atoms with Crippen LogP contribution in [0.1, 0.15) is 11.1 Å². The molecule has 0 radical (unpaired) electrons. The number of rotatable bonds is 8. The van der Waals surface area contributed by atoms with E-state index in [1.807, 2.05) is 66.0 Å². The SMILES string of the molecule is COc1ccc(C=NNc2nc(-c3ccccc3)cs2)cc1COc1ccc(Cl)cc1. The summed E-state index contributed by atoms with van der Waals surface area (Å²) in [5.74, 6) is 1.50. The maximum Gasteiger partial charge on any atom is 0.203 e. The number of methoxy groups -OCH3 is 1. The molecule has 1 heterocycles. The van der Waals surface area contributed by atoms with Gasteiger partial charge in [-0.3, -0.25) is 5.43 Å². The van der Waals surface area contributed by atoms with E-state index in [1.54, 1.807) is 25.5 Å². The van der Waals surface area contributed by atoms with Crippen LogP contribution in [0.4, 0.5) is 5.13 Å². The van der Waals surface area contributed by atoms with Gasteiger partial charge in [-0.2, -0.15) is 5.10 Å². The third kappa shape index (κ3) is 5.63. The van der Waals surface area contributed by atoms with Crippen molar-refractivity contribution in [1.82, 2.24) is 4.98 Å². The van der Waals surface area contributed by atoms with E-state index in [1.165, 1.54) is 11.3 Å². The van der Waals surface area contributed by atoms with Crippen LogP contribution in [-0.4, -0.2) is 18.3 Å². The van der Waals surface area contributed by atoms with Crippen LogP contribution in [0, 0.1) is 0 Å². The molecule has 0 aliphatic carbocycles. The molecule has 0 amide bonds. The second kappa shape index (κ2) is 10.1. The Morgan fingerprint density at radius 2 is 1.87 bits per heavy atom. The van der Waals surface area contributed by atoms with Crippen molar-refractivity contribution in [3.8, 4) is 22.8 Å². The average molecular weight is 450 g/mol. The average Bonchev–Trinajstić information content (AvgIpc) is 3.28. The summed E-state index contributed by atoms with van der Waals surface area (Å²) in [7, 11) is 1.64. The Morgan fingerprint density at radius 3 is 2.65 bits per heavy atom. The zero-order valence-corrected chi connectivity index (χ0v) is 18.4. The fraction of sp³-hybridized carbons (Fsp3) is 0.0833. The summed E-state index contributed by atoms with van der Waals surface area (Å²) in [6.45, 7) is 0.368. The van der Waals surface area contributed by atoms with Crippen molar-refractivity contribution < 1.29 is 9.47 Å². The lowest BCUT2D eigenvalue weighted by molar-refractivity contribution is 0.296. The van der Waals surface area contributed by atoms with E-state index in [-0.39, 0.29) is 0 Å². The second-order valence-corrected chi connectivity index (χ2v) is 7.88. The molecule has 4 aromatic rings. The lowest BCUT2D eigenvalue weighted by Gasteiger charge is -2.11. The largest absolute Gasteiger partial charge is 0.496 e. The molecule has 4 rings (SSSR count). The molecule has 0 spiro atoms. The molecule has 0 atom stereocenters. The Balaban J connectivity index is 1.41. The van der Waals surface area contributed by atoms with Crippen LogP contribution in [0.3, 0.4) is 0 Å². The predicted molar refractivity (Wildman–Crippen MR) is 128 cm³/mol. The van der Waals surface area contributed by atoms with E-state index in [9.17, 15) is 0 Å². The summed E-state index contributed by atoms with van der Waals surface area (Å²) in [5, 5.41) is 7.73. The minimum atomic E-state index is 0.368. The summed E-state index contributed by atoms with van der Waals surface area (Å²) in [5.41, 5.74) is 6.84. The van der Waals surface area contributed by atoms with Gasteiger partial charge in [0.25, 0.3) is 0 Å². The van der Waals surface area contributed by atoms with Crippen LogP contribution in [0.25, 0.3) is 11.3 Å². The molecule has 0 bridgehead atoms. The summed E-state index contributed by atoms with van der Waals surface area (Å²) in [6.07, 6.45) is 1.74. The van der Waals surface area contributed by atoms with E-state index in [0.29, 0.717) is 11.6 Å². The zero-order valence-electron chi connectivity index (χ0n) is 16.8. The summed E-state index contributed by atoms with van der Waals surface area (Å²) in [6, 6.07) is 23.1. The normalized spacial score (nSPS) is 10.9. The maximum absolute atomic E-state index is 5.92. The highest BCUT2D eigenvalue weighted by molar-refractivity contribution is 7.14. The second-order valence-electron chi connectivity index (χ2n) is 6.59. The number of aromatic nitrogens is 1. The smallest absolute Gasteiger partial charge is 0.203 e. The fourth-order valence-corrected chi connectivity index (χ4v) is 3.71. The first-order valence-electron chi connectivity index (χ1n) is 9.56. The Labute approximate surface area is 190 Å². The summed E-state index contributed by atoms with van der Waals surface area (Å²) in [4.78, 5) is 4.57. The minimum absolute atomic E-state index is 0.368. The quantitative estimate of drug-likeness (QED) is 0.246. The molecule has 1 N–H and O–H groups in total. The van der Waals surface area contributed by atoms with Crippen LogP contribution in [-0.2, 0) is 6.61 Å². The molecule has 0 unspecified atom stereocenters. The van der Waals surface area contributed by atoms with Crippen molar-refractivity contribution in [3.05, 3.63) is 94.3 Å². The van der Waals surface area contributed by atoms with Crippen molar-refractivity contribution in [2.45, 2.75) is 6.61 Å². The number of benzene rings is 3. The van der Waals surface area contributed by atoms with E-state index in [0.717, 1.165) is 39.0 Å². The summed E-state index contributed by atoms with van der Waals surface area (Å²) >= 11 is 7.43. The number of hydrogen-bond acceptors (Lipinski definition) is 6. The minimum Gasteiger partial charge on any atom is -0.496 e. The number of nitrogens with one attached hydrogen (secondary N) is 1. The Bertz CT molecular complexity index is 1160. The molecule has 0 aliphatic heterocycles. The first kappa shape index (κ1) is 20.9. The highest BCUT2D eigenvalue weighted by Gasteiger charge is 2.06. The van der Waals surface area contributed by atoms with Crippen LogP contribution < -0.4 is 14.9 Å². The topological polar surface area (TPSA) is 55.7 Å². The monoisotopic (exact) mass is 449 g/mol. The van der Waals surface area contributed by atoms with Crippen molar-refractivity contribution in [3.63, 3.8) is 0 Å². The number of ether oxygens (including phenoxy) is 2. The molecule has 156 valence electrons. The number of anilines is 1. The van der Waals surface area contributed by atoms with Gasteiger partial charge in [0.05, 0.1) is 19.0 Å². The van der Waals surface area contributed by atoms with Crippen molar-refractivity contribution >= 4 is 34.3 Å². The Morgan fingerprint density at radius 1 is 1.06 bits per heavy atom. The molecule has 0 saturated heterocycles. The first-order valence-corrected chi connectivity index (χ1v) is 10.8. The molecule has 0 aliphatic rings. The van der Waals surface area contributed by atoms with Gasteiger partial charge in [0.1, 0.15) is 18.1 Å². The van der Waals surface area contributed by atoms with E-state index in [4.69, 9.17) is 21.1 Å². The van der Waals surface area contributed by atoms with Gasteiger partial charge >= 0.3 is 0 Å². The third-order valence-electron chi connectivity index (χ3n) is 4.46. The first-order chi connectivity index (χ1) is 15.2. The highest BCUT2D eigenvalue weighted by atomic mass is 35.5. The summed E-state index contributed by atoms with van der Waals surface area (Å²) < 4.78 is 11.3. The lowest BCUT2D eigenvalue weighted by atomic mass is 10.1. The van der Waals surface area contributed by atoms with Crippen LogP contribution in [0.2, 0.25) is 5.02 Å². The number of thiazole rings is 1.